The van der Waals surface area contributed by atoms with Crippen LogP contribution in [0.15, 0.2) is 70.2 Å². The number of nitrogens with zero attached hydrogens (tertiary/aromatic N) is 1. The molecule has 0 saturated carbocycles. The summed E-state index contributed by atoms with van der Waals surface area (Å²) in [5, 5.41) is 2.88. The summed E-state index contributed by atoms with van der Waals surface area (Å²) in [5.74, 6) is 0.806. The van der Waals surface area contributed by atoms with Crippen molar-refractivity contribution in [3.8, 4) is 0 Å². The first-order chi connectivity index (χ1) is 9.22. The van der Waals surface area contributed by atoms with Gasteiger partial charge in [-0.25, -0.2) is 4.90 Å². The Hall–Kier alpha value is -1.69. The summed E-state index contributed by atoms with van der Waals surface area (Å²) in [6.45, 7) is 0. The molecule has 1 unspecified atom stereocenters. The molecule has 0 saturated heterocycles. The van der Waals surface area contributed by atoms with Gasteiger partial charge in [0.2, 0.25) is 5.84 Å². The number of nitrogens with one attached hydrogen (secondary N) is 2. The number of rotatable bonds is 2. The zero-order valence-electron chi connectivity index (χ0n) is 10.3. The lowest BCUT2D eigenvalue weighted by atomic mass is 10.2. The molecule has 4 nitrogen and oxygen atoms in total. The number of hydrogen-bond acceptors (Lipinski definition) is 2. The molecular weight excluding hydrogens is 342 g/mol. The summed E-state index contributed by atoms with van der Waals surface area (Å²) in [7, 11) is 0. The first kappa shape index (κ1) is 14.7. The van der Waals surface area contributed by atoms with Gasteiger partial charge in [0.1, 0.15) is 12.4 Å². The van der Waals surface area contributed by atoms with E-state index in [1.807, 2.05) is 36.7 Å². The van der Waals surface area contributed by atoms with Crippen LogP contribution in [0, 0.1) is 0 Å². The van der Waals surface area contributed by atoms with Crippen LogP contribution in [0.1, 0.15) is 10.4 Å². The number of amidine groups is 1. The van der Waals surface area contributed by atoms with Crippen LogP contribution in [0.3, 0.4) is 0 Å². The molecule has 0 bridgehead atoms. The molecule has 102 valence electrons. The zero-order valence-corrected chi connectivity index (χ0v) is 12.6. The second-order valence-electron chi connectivity index (χ2n) is 4.18. The number of benzene rings is 1. The van der Waals surface area contributed by atoms with E-state index in [9.17, 15) is 4.79 Å². The molecule has 2 heterocycles. The number of fused-ring (bicyclic) bond motifs is 1. The predicted molar refractivity (Wildman–Crippen MR) is 76.4 cm³/mol. The standard InChI is InChI=1S/C14H10BrN3O.ClH/c15-11-3-1-2-10(8-11)14(19)17-12-4-5-13-16-6-7-18(13)9-12;/h1-9H,(H,17,19);1H. The van der Waals surface area contributed by atoms with Crippen molar-refractivity contribution < 1.29 is 22.1 Å². The van der Waals surface area contributed by atoms with Crippen LogP contribution in [0.2, 0.25) is 0 Å². The van der Waals surface area contributed by atoms with Gasteiger partial charge in [0, 0.05) is 16.1 Å². The Kier molecular flexibility index (Phi) is 4.54. The van der Waals surface area contributed by atoms with Crippen LogP contribution in [-0.2, 0) is 0 Å². The average molecular weight is 353 g/mol. The SMILES string of the molecule is O=C(NC1=C[NH+]2C=CN=C2C=C1)c1cccc(Br)c1.[Cl-]. The zero-order chi connectivity index (χ0) is 13.2. The number of hydrogen-bond donors (Lipinski definition) is 2. The fraction of sp³-hybridized carbons (Fsp3) is 0. The number of halogens is 2. The lowest BCUT2D eigenvalue weighted by Gasteiger charge is -2.12. The van der Waals surface area contributed by atoms with Gasteiger partial charge in [-0.15, -0.1) is 0 Å². The molecule has 1 aromatic rings. The van der Waals surface area contributed by atoms with Crippen molar-refractivity contribution in [2.45, 2.75) is 0 Å². The molecule has 1 atom stereocenters. The fourth-order valence-corrected chi connectivity index (χ4v) is 2.31. The van der Waals surface area contributed by atoms with E-state index in [4.69, 9.17) is 0 Å². The molecule has 0 aliphatic carbocycles. The van der Waals surface area contributed by atoms with Gasteiger partial charge in [-0.3, -0.25) is 4.79 Å². The Bertz CT molecular complexity index is 664. The highest BCUT2D eigenvalue weighted by Crippen LogP contribution is 2.12. The first-order valence-electron chi connectivity index (χ1n) is 5.81. The minimum absolute atomic E-state index is 0. The van der Waals surface area contributed by atoms with Crippen LogP contribution < -0.4 is 22.6 Å². The molecule has 0 fully saturated rings. The molecule has 1 amide bonds. The monoisotopic (exact) mass is 351 g/mol. The first-order valence-corrected chi connectivity index (χ1v) is 6.60. The molecule has 0 aromatic heterocycles. The van der Waals surface area contributed by atoms with Gasteiger partial charge in [0.25, 0.3) is 5.91 Å². The number of allylic oxidation sites excluding steroid dienone is 1. The van der Waals surface area contributed by atoms with Crippen molar-refractivity contribution in [2.75, 3.05) is 0 Å². The Morgan fingerprint density at radius 1 is 1.30 bits per heavy atom. The van der Waals surface area contributed by atoms with Crippen molar-refractivity contribution in [3.05, 3.63) is 70.8 Å². The molecule has 2 aliphatic rings. The topological polar surface area (TPSA) is 45.9 Å². The molecule has 0 radical (unpaired) electrons. The Balaban J connectivity index is 0.00000147. The Morgan fingerprint density at radius 3 is 2.95 bits per heavy atom. The average Bonchev–Trinajstić information content (AvgIpc) is 2.86. The highest BCUT2D eigenvalue weighted by Gasteiger charge is 2.20. The van der Waals surface area contributed by atoms with Crippen molar-refractivity contribution >= 4 is 27.7 Å². The third-order valence-electron chi connectivity index (χ3n) is 2.84. The molecular formula is C14H11BrClN3O. The number of carbonyl (C=O) groups is 1. The number of aliphatic imine (C=N–C) groups is 1. The van der Waals surface area contributed by atoms with E-state index < -0.39 is 0 Å². The number of carbonyl (C=O) groups excluding carboxylic acids is 1. The minimum Gasteiger partial charge on any atom is -1.00 e. The molecule has 2 N–H and O–H groups in total. The lowest BCUT2D eigenvalue weighted by molar-refractivity contribution is -0.679. The summed E-state index contributed by atoms with van der Waals surface area (Å²) < 4.78 is 0.885. The summed E-state index contributed by atoms with van der Waals surface area (Å²) in [4.78, 5) is 17.3. The van der Waals surface area contributed by atoms with Gasteiger partial charge in [-0.1, -0.05) is 22.0 Å². The van der Waals surface area contributed by atoms with Gasteiger partial charge in [0.15, 0.2) is 0 Å². The number of quaternary nitrogens is 1. The van der Waals surface area contributed by atoms with E-state index in [1.54, 1.807) is 18.3 Å². The molecule has 20 heavy (non-hydrogen) atoms. The third-order valence-corrected chi connectivity index (χ3v) is 3.33. The van der Waals surface area contributed by atoms with Crippen molar-refractivity contribution in [1.82, 2.24) is 5.32 Å². The highest BCUT2D eigenvalue weighted by atomic mass is 79.9. The van der Waals surface area contributed by atoms with Gasteiger partial charge < -0.3 is 17.7 Å². The van der Waals surface area contributed by atoms with Gasteiger partial charge >= 0.3 is 0 Å². The van der Waals surface area contributed by atoms with E-state index in [0.29, 0.717) is 5.56 Å². The summed E-state index contributed by atoms with van der Waals surface area (Å²) in [6.07, 6.45) is 9.34. The second-order valence-corrected chi connectivity index (χ2v) is 5.10. The quantitative estimate of drug-likeness (QED) is 0.659. The maximum Gasteiger partial charge on any atom is 0.255 e. The van der Waals surface area contributed by atoms with E-state index in [1.165, 1.54) is 0 Å². The minimum atomic E-state index is -0.125. The van der Waals surface area contributed by atoms with Crippen molar-refractivity contribution in [2.24, 2.45) is 4.99 Å². The molecule has 2 aliphatic heterocycles. The summed E-state index contributed by atoms with van der Waals surface area (Å²) in [6, 6.07) is 7.29. The normalized spacial score (nSPS) is 18.8. The van der Waals surface area contributed by atoms with Gasteiger partial charge in [-0.05, 0) is 24.3 Å². The highest BCUT2D eigenvalue weighted by molar-refractivity contribution is 9.10. The maximum absolute atomic E-state index is 12.1. The largest absolute Gasteiger partial charge is 1.00 e. The van der Waals surface area contributed by atoms with E-state index >= 15 is 0 Å². The summed E-state index contributed by atoms with van der Waals surface area (Å²) >= 11 is 3.35. The van der Waals surface area contributed by atoms with E-state index in [2.05, 4.69) is 26.2 Å². The fourth-order valence-electron chi connectivity index (χ4n) is 1.91. The second kappa shape index (κ2) is 6.17. The van der Waals surface area contributed by atoms with Crippen molar-refractivity contribution in [1.29, 1.82) is 0 Å². The van der Waals surface area contributed by atoms with Crippen LogP contribution >= 0.6 is 15.9 Å². The number of amides is 1. The maximum atomic E-state index is 12.1. The lowest BCUT2D eigenvalue weighted by Crippen LogP contribution is -3.05. The van der Waals surface area contributed by atoms with Crippen LogP contribution in [0.25, 0.3) is 0 Å². The van der Waals surface area contributed by atoms with Crippen LogP contribution in [-0.4, -0.2) is 11.7 Å². The molecule has 1 aromatic carbocycles. The molecule has 6 heteroatoms. The summed E-state index contributed by atoms with van der Waals surface area (Å²) in [5.41, 5.74) is 1.39. The van der Waals surface area contributed by atoms with Crippen molar-refractivity contribution in [3.63, 3.8) is 0 Å². The molecule has 3 rings (SSSR count). The predicted octanol–water partition coefficient (Wildman–Crippen LogP) is -1.64. The van der Waals surface area contributed by atoms with E-state index in [-0.39, 0.29) is 18.3 Å². The third kappa shape index (κ3) is 3.07. The van der Waals surface area contributed by atoms with E-state index in [0.717, 1.165) is 20.9 Å². The molecule has 0 spiro atoms. The van der Waals surface area contributed by atoms with Crippen LogP contribution in [0.4, 0.5) is 0 Å². The van der Waals surface area contributed by atoms with Gasteiger partial charge in [-0.2, -0.15) is 4.99 Å². The Morgan fingerprint density at radius 2 is 2.15 bits per heavy atom. The van der Waals surface area contributed by atoms with Crippen LogP contribution in [0.5, 0.6) is 0 Å². The Labute approximate surface area is 131 Å². The van der Waals surface area contributed by atoms with Gasteiger partial charge in [0.05, 0.1) is 11.9 Å². The smallest absolute Gasteiger partial charge is 0.255 e.